The molecule has 16 nitrogen and oxygen atoms in total. The molecule has 0 aromatic heterocycles. The smallest absolute Gasteiger partial charge is 0.547 e. The van der Waals surface area contributed by atoms with Crippen molar-refractivity contribution in [1.29, 1.82) is 0 Å². The average Bonchev–Trinajstić information content (AvgIpc) is 3.13. The van der Waals surface area contributed by atoms with E-state index < -0.39 is 107 Å². The van der Waals surface area contributed by atoms with Crippen LogP contribution in [0.5, 0.6) is 0 Å². The van der Waals surface area contributed by atoms with Gasteiger partial charge in [-0.3, -0.25) is 9.59 Å². The Hall–Kier alpha value is 0.733. The molecule has 0 aromatic rings. The van der Waals surface area contributed by atoms with Crippen molar-refractivity contribution >= 4 is 23.7 Å². The fraction of sp³-hybridized carbons (Fsp3) is 0.857. The molecule has 2 aliphatic heterocycles. The SMILES string of the molecule is CC1(C)[C@@H](O[C@@H]2O[C@H](C(=O)[O-])[C@@H](O)[C@H](O)[C@H]2O[C@H]2O[C@H](C(=O)[O-])[C@@H](O)[C@H](O)[C@H]2O)CC[C@]2(C)[C@H]3C(=O)C=C4[C@@H]5C[C@@](C)(C(=O)O)CC[C@]5(C)CC[C@@]4(C)[C@]3(C)CC[C@@H]12.[K+].[K+]. The van der Waals surface area contributed by atoms with Gasteiger partial charge in [-0.25, -0.2) is 0 Å². The molecule has 6 fully saturated rings. The number of carbonyl (C=O) groups excluding carboxylic acids is 3. The molecule has 0 amide bonds. The second kappa shape index (κ2) is 17.8. The molecular formula is C42H60K2O16. The number of carbonyl (C=O) groups is 4. The van der Waals surface area contributed by atoms with Gasteiger partial charge in [0.25, 0.3) is 0 Å². The molecule has 0 radical (unpaired) electrons. The van der Waals surface area contributed by atoms with E-state index in [-0.39, 0.29) is 137 Å². The Bertz CT molecular complexity index is 1740. The molecule has 60 heavy (non-hydrogen) atoms. The van der Waals surface area contributed by atoms with E-state index in [1.807, 2.05) is 26.8 Å². The number of ketones is 1. The zero-order valence-electron chi connectivity index (χ0n) is 36.3. The fourth-order valence-electron chi connectivity index (χ4n) is 13.4. The largest absolute Gasteiger partial charge is 1.00 e. The van der Waals surface area contributed by atoms with Crippen LogP contribution in [0.3, 0.4) is 0 Å². The number of ether oxygens (including phenoxy) is 4. The third kappa shape index (κ3) is 7.97. The zero-order chi connectivity index (χ0) is 42.9. The van der Waals surface area contributed by atoms with Gasteiger partial charge < -0.3 is 69.4 Å². The maximum absolute atomic E-state index is 14.8. The summed E-state index contributed by atoms with van der Waals surface area (Å²) in [7, 11) is 0. The minimum absolute atomic E-state index is 0. The van der Waals surface area contributed by atoms with Crippen LogP contribution in [0.25, 0.3) is 0 Å². The standard InChI is InChI=1S/C42H62O16.2K/c1-37(2)21-8-11-42(7)31(20(43)16-18-19-17-39(4,36(53)54)13-12-38(19,3)14-15-41(18,42)6)40(21,5)10-9-22(37)55-35-30(26(47)25(46)29(57-35)33(51)52)58-34-27(48)23(44)24(45)28(56-34)32(49)50;;/h16,19,21-31,34-35,44-48H,8-15,17H2,1-7H3,(H,49,50)(H,51,52)(H,53,54);;/q;2*+1/p-2/t19-,21-,22-,23-,24-,25-,26-,27+,28-,29-,30+,31+,34+,35+,38+,39-,40-,41+,42+;;/m0../s1. The molecule has 5 aliphatic carbocycles. The Labute approximate surface area is 435 Å². The summed E-state index contributed by atoms with van der Waals surface area (Å²) in [6.07, 6.45) is -13.1. The van der Waals surface area contributed by atoms with Crippen molar-refractivity contribution in [3.05, 3.63) is 11.6 Å². The number of hydrogen-bond acceptors (Lipinski definition) is 15. The molecule has 2 heterocycles. The van der Waals surface area contributed by atoms with Crippen molar-refractivity contribution in [2.45, 2.75) is 174 Å². The molecule has 7 aliphatic rings. The minimum atomic E-state index is -2.15. The Kier molecular flexibility index (Phi) is 15.3. The average molecular weight is 899 g/mol. The second-order valence-electron chi connectivity index (χ2n) is 20.6. The summed E-state index contributed by atoms with van der Waals surface area (Å²) < 4.78 is 23.1. The van der Waals surface area contributed by atoms with Gasteiger partial charge in [-0.05, 0) is 110 Å². The van der Waals surface area contributed by atoms with E-state index in [0.717, 1.165) is 24.8 Å². The second-order valence-corrected chi connectivity index (χ2v) is 20.6. The third-order valence-electron chi connectivity index (χ3n) is 17.2. The monoisotopic (exact) mass is 898 g/mol. The van der Waals surface area contributed by atoms with Gasteiger partial charge in [0.15, 0.2) is 18.4 Å². The number of carboxylic acid groups (broad SMARTS) is 3. The van der Waals surface area contributed by atoms with Crippen LogP contribution in [-0.4, -0.2) is 122 Å². The number of hydrogen-bond donors (Lipinski definition) is 6. The summed E-state index contributed by atoms with van der Waals surface area (Å²) in [6, 6.07) is 0. The molecule has 326 valence electrons. The van der Waals surface area contributed by atoms with Crippen LogP contribution in [0, 0.1) is 50.2 Å². The van der Waals surface area contributed by atoms with Crippen molar-refractivity contribution < 1.29 is 182 Å². The van der Waals surface area contributed by atoms with Crippen LogP contribution in [0.15, 0.2) is 11.6 Å². The Morgan fingerprint density at radius 1 is 0.717 bits per heavy atom. The van der Waals surface area contributed by atoms with Crippen molar-refractivity contribution in [3.63, 3.8) is 0 Å². The summed E-state index contributed by atoms with van der Waals surface area (Å²) in [5.41, 5.74) is -1.89. The van der Waals surface area contributed by atoms with Gasteiger partial charge >= 0.3 is 109 Å². The van der Waals surface area contributed by atoms with Crippen molar-refractivity contribution in [1.82, 2.24) is 0 Å². The van der Waals surface area contributed by atoms with Crippen LogP contribution in [0.1, 0.15) is 106 Å². The molecule has 6 N–H and O–H groups in total. The molecule has 7 rings (SSSR count). The van der Waals surface area contributed by atoms with E-state index >= 15 is 0 Å². The molecule has 2 saturated heterocycles. The Balaban J connectivity index is 0.00000341. The molecule has 0 aromatic carbocycles. The van der Waals surface area contributed by atoms with Gasteiger partial charge in [0, 0.05) is 5.92 Å². The molecule has 4 saturated carbocycles. The van der Waals surface area contributed by atoms with Gasteiger partial charge in [-0.2, -0.15) is 0 Å². The molecule has 19 atom stereocenters. The first-order chi connectivity index (χ1) is 26.8. The first kappa shape index (κ1) is 51.7. The normalized spacial score (nSPS) is 50.8. The number of aliphatic hydroxyl groups excluding tert-OH is 5. The van der Waals surface area contributed by atoms with Gasteiger partial charge in [-0.15, -0.1) is 0 Å². The number of allylic oxidation sites excluding steroid dienone is 2. The van der Waals surface area contributed by atoms with E-state index in [0.29, 0.717) is 38.5 Å². The van der Waals surface area contributed by atoms with Crippen LogP contribution in [0.2, 0.25) is 0 Å². The summed E-state index contributed by atoms with van der Waals surface area (Å²) in [6.45, 7) is 14.8. The quantitative estimate of drug-likeness (QED) is 0.102. The van der Waals surface area contributed by atoms with Gasteiger partial charge in [0.05, 0.1) is 23.5 Å². The van der Waals surface area contributed by atoms with Crippen LogP contribution in [0.4, 0.5) is 0 Å². The van der Waals surface area contributed by atoms with Gasteiger partial charge in [0.2, 0.25) is 0 Å². The summed E-state index contributed by atoms with van der Waals surface area (Å²) in [4.78, 5) is 51.1. The first-order valence-electron chi connectivity index (χ1n) is 20.7. The number of carboxylic acids is 3. The van der Waals surface area contributed by atoms with Gasteiger partial charge in [0.1, 0.15) is 48.8 Å². The topological polar surface area (TPSA) is 273 Å². The fourth-order valence-corrected chi connectivity index (χ4v) is 13.4. The van der Waals surface area contributed by atoms with E-state index in [4.69, 9.17) is 18.9 Å². The van der Waals surface area contributed by atoms with Crippen molar-refractivity contribution in [2.75, 3.05) is 0 Å². The van der Waals surface area contributed by atoms with Crippen LogP contribution < -0.4 is 113 Å². The predicted octanol–water partition coefficient (Wildman–Crippen LogP) is -6.42. The first-order valence-corrected chi connectivity index (χ1v) is 20.7. The number of aliphatic carboxylic acids is 3. The maximum atomic E-state index is 14.8. The van der Waals surface area contributed by atoms with Crippen molar-refractivity contribution in [2.24, 2.45) is 50.2 Å². The third-order valence-corrected chi connectivity index (χ3v) is 17.2. The van der Waals surface area contributed by atoms with Crippen LogP contribution in [-0.2, 0) is 38.1 Å². The molecular weight excluding hydrogens is 839 g/mol. The predicted molar refractivity (Wildman–Crippen MR) is 194 cm³/mol. The Morgan fingerprint density at radius 2 is 1.28 bits per heavy atom. The number of fused-ring (bicyclic) bond motifs is 7. The number of rotatable bonds is 7. The van der Waals surface area contributed by atoms with E-state index in [1.54, 1.807) is 0 Å². The summed E-state index contributed by atoms with van der Waals surface area (Å²) >= 11 is 0. The van der Waals surface area contributed by atoms with E-state index in [2.05, 4.69) is 27.7 Å². The summed E-state index contributed by atoms with van der Waals surface area (Å²) in [5, 5.41) is 87.1. The van der Waals surface area contributed by atoms with Crippen molar-refractivity contribution in [3.8, 4) is 0 Å². The zero-order valence-corrected chi connectivity index (χ0v) is 42.5. The molecule has 0 unspecified atom stereocenters. The molecule has 18 heteroatoms. The minimum Gasteiger partial charge on any atom is -0.547 e. The van der Waals surface area contributed by atoms with Gasteiger partial charge in [-0.1, -0.05) is 47.1 Å². The van der Waals surface area contributed by atoms with Crippen LogP contribution >= 0.6 is 0 Å². The number of aliphatic hydroxyl groups is 5. The summed E-state index contributed by atoms with van der Waals surface area (Å²) in [5.74, 6) is -5.04. The van der Waals surface area contributed by atoms with E-state index in [1.165, 1.54) is 0 Å². The maximum Gasteiger partial charge on any atom is 1.00 e. The molecule has 0 bridgehead atoms. The van der Waals surface area contributed by atoms with E-state index in [9.17, 15) is 60.0 Å². The molecule has 0 spiro atoms. The Morgan fingerprint density at radius 3 is 1.87 bits per heavy atom.